The molecule has 1 saturated heterocycles. The molecule has 2 amide bonds. The summed E-state index contributed by atoms with van der Waals surface area (Å²) in [7, 11) is 0. The van der Waals surface area contributed by atoms with Crippen molar-refractivity contribution in [3.8, 4) is 11.1 Å². The Hall–Kier alpha value is -4.44. The summed E-state index contributed by atoms with van der Waals surface area (Å²) in [6.07, 6.45) is 8.69. The molecule has 0 aromatic heterocycles. The van der Waals surface area contributed by atoms with Crippen LogP contribution in [0.2, 0.25) is 0 Å². The molecule has 1 aliphatic heterocycles. The van der Waals surface area contributed by atoms with Gasteiger partial charge in [0.15, 0.2) is 0 Å². The first kappa shape index (κ1) is 29.5. The molecule has 4 nitrogen and oxygen atoms in total. The van der Waals surface area contributed by atoms with Crippen LogP contribution in [0.1, 0.15) is 55.1 Å². The highest BCUT2D eigenvalue weighted by Crippen LogP contribution is 2.37. The maximum absolute atomic E-state index is 13.9. The Labute approximate surface area is 244 Å². The van der Waals surface area contributed by atoms with Crippen LogP contribution in [0.15, 0.2) is 122 Å². The number of rotatable bonds is 9. The number of likely N-dealkylation sites (tertiary alicyclic amines) is 1. The maximum atomic E-state index is 13.9. The van der Waals surface area contributed by atoms with E-state index >= 15 is 0 Å². The second-order valence-corrected chi connectivity index (χ2v) is 10.8. The van der Waals surface area contributed by atoms with Gasteiger partial charge in [-0.15, -0.1) is 0 Å². The Morgan fingerprint density at radius 2 is 1.61 bits per heavy atom. The van der Waals surface area contributed by atoms with Gasteiger partial charge < -0.3 is 10.2 Å². The van der Waals surface area contributed by atoms with Crippen LogP contribution in [0.4, 0.5) is 0 Å². The number of allylic oxidation sites excluding steroid dienone is 4. The Balaban J connectivity index is 1.50. The predicted octanol–water partition coefficient (Wildman–Crippen LogP) is 7.75. The van der Waals surface area contributed by atoms with E-state index in [-0.39, 0.29) is 17.9 Å². The summed E-state index contributed by atoms with van der Waals surface area (Å²) in [6.45, 7) is 14.8. The highest BCUT2D eigenvalue weighted by atomic mass is 16.2. The largest absolute Gasteiger partial charge is 0.349 e. The van der Waals surface area contributed by atoms with Crippen LogP contribution in [0, 0.1) is 0 Å². The number of nitrogens with zero attached hydrogens (tertiary/aromatic N) is 1. The lowest BCUT2D eigenvalue weighted by Gasteiger charge is -2.41. The number of benzene rings is 3. The van der Waals surface area contributed by atoms with Gasteiger partial charge in [-0.3, -0.25) is 9.59 Å². The number of hydrogen-bond donors (Lipinski definition) is 1. The molecule has 1 atom stereocenters. The average Bonchev–Trinajstić information content (AvgIpc) is 3.01. The normalized spacial score (nSPS) is 15.8. The van der Waals surface area contributed by atoms with Crippen LogP contribution in [0.25, 0.3) is 16.7 Å². The molecule has 3 aromatic carbocycles. The second-order valence-electron chi connectivity index (χ2n) is 10.8. The monoisotopic (exact) mass is 544 g/mol. The molecule has 3 aromatic rings. The van der Waals surface area contributed by atoms with Crippen molar-refractivity contribution in [1.29, 1.82) is 0 Å². The Bertz CT molecular complexity index is 1460. The molecular formula is C37H40N2O2. The SMILES string of the molecule is C=C/C=C\C(=C/C)[C@H](C)NC(=O)C1(c2ccccc2)CCN(C(=O)c2ccc(-c3cccc(C(=C)C)c3)cc2)CC1. The number of carbonyl (C=O) groups is 2. The van der Waals surface area contributed by atoms with Gasteiger partial charge in [-0.25, -0.2) is 0 Å². The Kier molecular flexibility index (Phi) is 9.57. The minimum absolute atomic E-state index is 0.00371. The fraction of sp³-hybridized carbons (Fsp3) is 0.243. The fourth-order valence-electron chi connectivity index (χ4n) is 5.54. The van der Waals surface area contributed by atoms with Gasteiger partial charge in [-0.1, -0.05) is 104 Å². The van der Waals surface area contributed by atoms with Gasteiger partial charge in [0.05, 0.1) is 11.5 Å². The van der Waals surface area contributed by atoms with Crippen molar-refractivity contribution in [1.82, 2.24) is 10.2 Å². The van der Waals surface area contributed by atoms with Crippen LogP contribution >= 0.6 is 0 Å². The molecule has 1 aliphatic rings. The zero-order valence-electron chi connectivity index (χ0n) is 24.4. The van der Waals surface area contributed by atoms with Gasteiger partial charge in [0, 0.05) is 18.7 Å². The lowest BCUT2D eigenvalue weighted by atomic mass is 9.71. The molecule has 4 heteroatoms. The molecule has 0 aliphatic carbocycles. The molecule has 0 unspecified atom stereocenters. The van der Waals surface area contributed by atoms with Gasteiger partial charge in [0.25, 0.3) is 5.91 Å². The number of nitrogens with one attached hydrogen (secondary N) is 1. The van der Waals surface area contributed by atoms with Crippen LogP contribution in [-0.2, 0) is 10.2 Å². The molecule has 0 saturated carbocycles. The predicted molar refractivity (Wildman–Crippen MR) is 171 cm³/mol. The van der Waals surface area contributed by atoms with Crippen LogP contribution in [-0.4, -0.2) is 35.8 Å². The maximum Gasteiger partial charge on any atom is 0.253 e. The zero-order valence-corrected chi connectivity index (χ0v) is 24.4. The van der Waals surface area contributed by atoms with E-state index in [2.05, 4.69) is 36.7 Å². The first-order chi connectivity index (χ1) is 19.8. The molecule has 0 spiro atoms. The first-order valence-electron chi connectivity index (χ1n) is 14.3. The molecule has 0 bridgehead atoms. The summed E-state index contributed by atoms with van der Waals surface area (Å²) in [5.41, 5.74) is 6.23. The van der Waals surface area contributed by atoms with Crippen molar-refractivity contribution < 1.29 is 9.59 Å². The van der Waals surface area contributed by atoms with Crippen molar-refractivity contribution >= 4 is 17.4 Å². The van der Waals surface area contributed by atoms with Gasteiger partial charge >= 0.3 is 0 Å². The van der Waals surface area contributed by atoms with Gasteiger partial charge in [0.1, 0.15) is 0 Å². The zero-order chi connectivity index (χ0) is 29.4. The third-order valence-corrected chi connectivity index (χ3v) is 8.09. The summed E-state index contributed by atoms with van der Waals surface area (Å²) in [4.78, 5) is 29.3. The summed E-state index contributed by atoms with van der Waals surface area (Å²) < 4.78 is 0. The van der Waals surface area contributed by atoms with E-state index in [1.54, 1.807) is 6.08 Å². The lowest BCUT2D eigenvalue weighted by Crippen LogP contribution is -2.54. The topological polar surface area (TPSA) is 49.4 Å². The summed E-state index contributed by atoms with van der Waals surface area (Å²) in [6, 6.07) is 25.9. The highest BCUT2D eigenvalue weighted by Gasteiger charge is 2.44. The Morgan fingerprint density at radius 1 is 0.927 bits per heavy atom. The first-order valence-corrected chi connectivity index (χ1v) is 14.3. The average molecular weight is 545 g/mol. The second kappa shape index (κ2) is 13.3. The van der Waals surface area contributed by atoms with E-state index in [1.807, 2.05) is 105 Å². The van der Waals surface area contributed by atoms with Gasteiger partial charge in [-0.05, 0) is 79.6 Å². The van der Waals surface area contributed by atoms with Gasteiger partial charge in [0.2, 0.25) is 5.91 Å². The van der Waals surface area contributed by atoms with Gasteiger partial charge in [-0.2, -0.15) is 0 Å². The van der Waals surface area contributed by atoms with E-state index in [0.29, 0.717) is 31.5 Å². The molecule has 1 heterocycles. The molecule has 41 heavy (non-hydrogen) atoms. The van der Waals surface area contributed by atoms with Crippen LogP contribution in [0.3, 0.4) is 0 Å². The molecule has 0 radical (unpaired) electrons. The van der Waals surface area contributed by atoms with Crippen molar-refractivity contribution in [3.05, 3.63) is 139 Å². The van der Waals surface area contributed by atoms with Crippen molar-refractivity contribution in [2.45, 2.75) is 45.1 Å². The van der Waals surface area contributed by atoms with E-state index in [4.69, 9.17) is 0 Å². The Morgan fingerprint density at radius 3 is 2.22 bits per heavy atom. The van der Waals surface area contributed by atoms with Crippen molar-refractivity contribution in [3.63, 3.8) is 0 Å². The highest BCUT2D eigenvalue weighted by molar-refractivity contribution is 5.95. The minimum atomic E-state index is -0.703. The van der Waals surface area contributed by atoms with Crippen LogP contribution in [0.5, 0.6) is 0 Å². The molecular weight excluding hydrogens is 504 g/mol. The van der Waals surface area contributed by atoms with Crippen molar-refractivity contribution in [2.75, 3.05) is 13.1 Å². The van der Waals surface area contributed by atoms with Crippen LogP contribution < -0.4 is 5.32 Å². The number of hydrogen-bond acceptors (Lipinski definition) is 2. The summed E-state index contributed by atoms with van der Waals surface area (Å²) >= 11 is 0. The molecule has 4 rings (SSSR count). The molecule has 210 valence electrons. The number of piperidine rings is 1. The van der Waals surface area contributed by atoms with E-state index in [9.17, 15) is 9.59 Å². The van der Waals surface area contributed by atoms with E-state index in [1.165, 1.54) is 0 Å². The standard InChI is InChI=1S/C37H40N2O2/c1-6-8-13-29(7-2)28(5)38-36(41)37(34-16-10-9-11-17-34)22-24-39(25-23-37)35(40)31-20-18-30(19-21-31)33-15-12-14-32(26-33)27(3)4/h6-21,26,28H,1,3,22-25H2,2,4-5H3,(H,38,41)/b13-8-,29-7+/t28-/m0/s1. The smallest absolute Gasteiger partial charge is 0.253 e. The van der Waals surface area contributed by atoms with Crippen molar-refractivity contribution in [2.24, 2.45) is 0 Å². The number of carbonyl (C=O) groups excluding carboxylic acids is 2. The quantitative estimate of drug-likeness (QED) is 0.280. The summed E-state index contributed by atoms with van der Waals surface area (Å²) in [5, 5.41) is 3.26. The molecule has 1 fully saturated rings. The fourth-order valence-corrected chi connectivity index (χ4v) is 5.54. The minimum Gasteiger partial charge on any atom is -0.349 e. The third kappa shape index (κ3) is 6.66. The number of amides is 2. The van der Waals surface area contributed by atoms with E-state index < -0.39 is 5.41 Å². The summed E-state index contributed by atoms with van der Waals surface area (Å²) in [5.74, 6) is -0.00978. The third-order valence-electron chi connectivity index (χ3n) is 8.09. The molecule has 1 N–H and O–H groups in total. The lowest BCUT2D eigenvalue weighted by molar-refractivity contribution is -0.128. The van der Waals surface area contributed by atoms with E-state index in [0.717, 1.165) is 33.4 Å².